The SMILES string of the molecule is CCCNC(c1ccn(C)n1)C1CCc2cccnc21. The van der Waals surface area contributed by atoms with E-state index in [0.29, 0.717) is 5.92 Å². The summed E-state index contributed by atoms with van der Waals surface area (Å²) >= 11 is 0. The van der Waals surface area contributed by atoms with Gasteiger partial charge in [0, 0.05) is 31.1 Å². The molecule has 0 saturated carbocycles. The molecule has 2 aromatic rings. The van der Waals surface area contributed by atoms with Crippen LogP contribution in [0, 0.1) is 0 Å². The van der Waals surface area contributed by atoms with Crippen LogP contribution < -0.4 is 5.32 Å². The first-order chi connectivity index (χ1) is 9.79. The van der Waals surface area contributed by atoms with Crippen molar-refractivity contribution in [2.75, 3.05) is 6.54 Å². The maximum atomic E-state index is 4.63. The third kappa shape index (κ3) is 2.48. The summed E-state index contributed by atoms with van der Waals surface area (Å²) in [6, 6.07) is 6.63. The Kier molecular flexibility index (Phi) is 3.83. The summed E-state index contributed by atoms with van der Waals surface area (Å²) in [4.78, 5) is 4.63. The van der Waals surface area contributed by atoms with Crippen molar-refractivity contribution in [3.63, 3.8) is 0 Å². The van der Waals surface area contributed by atoms with Gasteiger partial charge in [0.2, 0.25) is 0 Å². The van der Waals surface area contributed by atoms with Crippen LogP contribution in [0.3, 0.4) is 0 Å². The highest BCUT2D eigenvalue weighted by molar-refractivity contribution is 5.31. The standard InChI is InChI=1S/C16H22N4/c1-3-9-17-16(14-8-11-20(2)19-14)13-7-6-12-5-4-10-18-15(12)13/h4-5,8,10-11,13,16-17H,3,6-7,9H2,1-2H3. The Labute approximate surface area is 120 Å². The van der Waals surface area contributed by atoms with Gasteiger partial charge in [0.05, 0.1) is 11.7 Å². The Morgan fingerprint density at radius 2 is 2.35 bits per heavy atom. The number of hydrogen-bond acceptors (Lipinski definition) is 3. The molecule has 2 heterocycles. The molecular formula is C16H22N4. The number of nitrogens with one attached hydrogen (secondary N) is 1. The molecular weight excluding hydrogens is 248 g/mol. The van der Waals surface area contributed by atoms with Crippen molar-refractivity contribution >= 4 is 0 Å². The van der Waals surface area contributed by atoms with Crippen molar-refractivity contribution in [1.82, 2.24) is 20.1 Å². The number of hydrogen-bond donors (Lipinski definition) is 1. The summed E-state index contributed by atoms with van der Waals surface area (Å²) < 4.78 is 1.88. The fraction of sp³-hybridized carbons (Fsp3) is 0.500. The number of pyridine rings is 1. The summed E-state index contributed by atoms with van der Waals surface area (Å²) in [5.74, 6) is 0.438. The van der Waals surface area contributed by atoms with Gasteiger partial charge in [-0.2, -0.15) is 5.10 Å². The number of aryl methyl sites for hydroxylation is 2. The summed E-state index contributed by atoms with van der Waals surface area (Å²) in [6.45, 7) is 3.21. The third-order valence-electron chi connectivity index (χ3n) is 4.07. The van der Waals surface area contributed by atoms with Crippen LogP contribution in [-0.2, 0) is 13.5 Å². The summed E-state index contributed by atoms with van der Waals surface area (Å²) in [7, 11) is 1.97. The smallest absolute Gasteiger partial charge is 0.0800 e. The van der Waals surface area contributed by atoms with Gasteiger partial charge in [0.15, 0.2) is 0 Å². The first-order valence-electron chi connectivity index (χ1n) is 7.46. The highest BCUT2D eigenvalue weighted by atomic mass is 15.3. The Bertz CT molecular complexity index is 575. The average Bonchev–Trinajstić information content (AvgIpc) is 3.07. The van der Waals surface area contributed by atoms with Crippen LogP contribution in [0.15, 0.2) is 30.6 Å². The zero-order valence-corrected chi connectivity index (χ0v) is 12.2. The highest BCUT2D eigenvalue weighted by Gasteiger charge is 2.32. The molecule has 0 saturated heterocycles. The molecule has 0 radical (unpaired) electrons. The second kappa shape index (κ2) is 5.75. The predicted molar refractivity (Wildman–Crippen MR) is 79.5 cm³/mol. The first-order valence-corrected chi connectivity index (χ1v) is 7.46. The molecule has 0 aromatic carbocycles. The van der Waals surface area contributed by atoms with Gasteiger partial charge in [-0.05, 0) is 43.5 Å². The van der Waals surface area contributed by atoms with Crippen molar-refractivity contribution in [2.24, 2.45) is 7.05 Å². The van der Waals surface area contributed by atoms with Crippen molar-refractivity contribution in [3.05, 3.63) is 47.5 Å². The minimum atomic E-state index is 0.271. The van der Waals surface area contributed by atoms with Gasteiger partial charge in [-0.15, -0.1) is 0 Å². The fourth-order valence-electron chi connectivity index (χ4n) is 3.12. The van der Waals surface area contributed by atoms with E-state index in [1.54, 1.807) is 0 Å². The normalized spacial score (nSPS) is 19.0. The lowest BCUT2D eigenvalue weighted by molar-refractivity contribution is 0.425. The predicted octanol–water partition coefficient (Wildman–Crippen LogP) is 2.59. The number of fused-ring (bicyclic) bond motifs is 1. The van der Waals surface area contributed by atoms with Crippen molar-refractivity contribution < 1.29 is 0 Å². The van der Waals surface area contributed by atoms with E-state index in [4.69, 9.17) is 0 Å². The average molecular weight is 270 g/mol. The molecule has 0 amide bonds. The molecule has 1 aliphatic carbocycles. The van der Waals surface area contributed by atoms with Crippen LogP contribution in [0.1, 0.15) is 48.7 Å². The summed E-state index contributed by atoms with van der Waals surface area (Å²) in [5, 5.41) is 8.27. The minimum absolute atomic E-state index is 0.271. The van der Waals surface area contributed by atoms with E-state index < -0.39 is 0 Å². The lowest BCUT2D eigenvalue weighted by Gasteiger charge is -2.23. The molecule has 4 nitrogen and oxygen atoms in total. The zero-order chi connectivity index (χ0) is 13.9. The maximum Gasteiger partial charge on any atom is 0.0800 e. The van der Waals surface area contributed by atoms with E-state index in [0.717, 1.165) is 31.5 Å². The van der Waals surface area contributed by atoms with Gasteiger partial charge < -0.3 is 5.32 Å². The molecule has 2 aromatic heterocycles. The van der Waals surface area contributed by atoms with E-state index in [1.807, 2.05) is 30.2 Å². The van der Waals surface area contributed by atoms with Crippen LogP contribution in [0.5, 0.6) is 0 Å². The summed E-state index contributed by atoms with van der Waals surface area (Å²) in [5.41, 5.74) is 3.79. The highest BCUT2D eigenvalue weighted by Crippen LogP contribution is 2.39. The lowest BCUT2D eigenvalue weighted by Crippen LogP contribution is -2.28. The van der Waals surface area contributed by atoms with Gasteiger partial charge in [0.25, 0.3) is 0 Å². The molecule has 20 heavy (non-hydrogen) atoms. The molecule has 1 aliphatic rings. The van der Waals surface area contributed by atoms with Crippen molar-refractivity contribution in [1.29, 1.82) is 0 Å². The first kappa shape index (κ1) is 13.3. The van der Waals surface area contributed by atoms with E-state index in [1.165, 1.54) is 11.3 Å². The van der Waals surface area contributed by atoms with Crippen molar-refractivity contribution in [3.8, 4) is 0 Å². The Morgan fingerprint density at radius 3 is 3.10 bits per heavy atom. The molecule has 0 bridgehead atoms. The van der Waals surface area contributed by atoms with Gasteiger partial charge in [-0.25, -0.2) is 0 Å². The lowest BCUT2D eigenvalue weighted by atomic mass is 9.94. The molecule has 0 spiro atoms. The Balaban J connectivity index is 1.90. The molecule has 106 valence electrons. The zero-order valence-electron chi connectivity index (χ0n) is 12.2. The van der Waals surface area contributed by atoms with Gasteiger partial charge in [0.1, 0.15) is 0 Å². The fourth-order valence-corrected chi connectivity index (χ4v) is 3.12. The molecule has 0 aliphatic heterocycles. The Hall–Kier alpha value is -1.68. The molecule has 1 N–H and O–H groups in total. The second-order valence-corrected chi connectivity index (χ2v) is 5.54. The molecule has 4 heteroatoms. The van der Waals surface area contributed by atoms with Crippen molar-refractivity contribution in [2.45, 2.75) is 38.1 Å². The number of aromatic nitrogens is 3. The van der Waals surface area contributed by atoms with Crippen LogP contribution in [0.25, 0.3) is 0 Å². The van der Waals surface area contributed by atoms with Crippen LogP contribution in [-0.4, -0.2) is 21.3 Å². The van der Waals surface area contributed by atoms with Gasteiger partial charge in [-0.1, -0.05) is 13.0 Å². The quantitative estimate of drug-likeness (QED) is 0.908. The number of rotatable bonds is 5. The molecule has 2 atom stereocenters. The summed E-state index contributed by atoms with van der Waals surface area (Å²) in [6.07, 6.45) is 7.34. The molecule has 0 fully saturated rings. The second-order valence-electron chi connectivity index (χ2n) is 5.54. The molecule has 2 unspecified atom stereocenters. The van der Waals surface area contributed by atoms with E-state index in [9.17, 15) is 0 Å². The third-order valence-corrected chi connectivity index (χ3v) is 4.07. The minimum Gasteiger partial charge on any atom is -0.308 e. The van der Waals surface area contributed by atoms with E-state index in [-0.39, 0.29) is 6.04 Å². The maximum absolute atomic E-state index is 4.63. The van der Waals surface area contributed by atoms with Crippen LogP contribution in [0.4, 0.5) is 0 Å². The van der Waals surface area contributed by atoms with Crippen LogP contribution >= 0.6 is 0 Å². The largest absolute Gasteiger partial charge is 0.308 e. The monoisotopic (exact) mass is 270 g/mol. The van der Waals surface area contributed by atoms with Gasteiger partial charge in [-0.3, -0.25) is 9.67 Å². The Morgan fingerprint density at radius 1 is 1.45 bits per heavy atom. The van der Waals surface area contributed by atoms with Crippen LogP contribution in [0.2, 0.25) is 0 Å². The number of nitrogens with zero attached hydrogens (tertiary/aromatic N) is 3. The van der Waals surface area contributed by atoms with E-state index in [2.05, 4.69) is 34.5 Å². The molecule has 3 rings (SSSR count). The topological polar surface area (TPSA) is 42.7 Å². The van der Waals surface area contributed by atoms with Gasteiger partial charge >= 0.3 is 0 Å². The van der Waals surface area contributed by atoms with E-state index >= 15 is 0 Å².